The zero-order valence-electron chi connectivity index (χ0n) is 41.7. The van der Waals surface area contributed by atoms with Gasteiger partial charge in [0.15, 0.2) is 0 Å². The van der Waals surface area contributed by atoms with Crippen LogP contribution in [-0.2, 0) is 27.1 Å². The zero-order valence-corrected chi connectivity index (χ0v) is 41.7. The van der Waals surface area contributed by atoms with Gasteiger partial charge < -0.3 is 9.80 Å². The van der Waals surface area contributed by atoms with Gasteiger partial charge in [0.25, 0.3) is 6.71 Å². The Hall–Kier alpha value is -5.80. The largest absolute Gasteiger partial charge is 0.311 e. The molecule has 0 saturated heterocycles. The summed E-state index contributed by atoms with van der Waals surface area (Å²) in [5, 5.41) is 0. The van der Waals surface area contributed by atoms with Gasteiger partial charge in [-0.3, -0.25) is 0 Å². The van der Waals surface area contributed by atoms with Crippen LogP contribution in [-0.4, -0.2) is 6.71 Å². The van der Waals surface area contributed by atoms with Crippen molar-refractivity contribution in [1.29, 1.82) is 0 Å². The number of hydrogen-bond donors (Lipinski definition) is 0. The number of benzene rings is 7. The summed E-state index contributed by atoms with van der Waals surface area (Å²) >= 11 is 0. The first-order valence-corrected chi connectivity index (χ1v) is 24.0. The van der Waals surface area contributed by atoms with Gasteiger partial charge >= 0.3 is 0 Å². The monoisotopic (exact) mass is 851 g/mol. The number of rotatable bonds is 3. The number of anilines is 6. The Bertz CT molecular complexity index is 3050. The summed E-state index contributed by atoms with van der Waals surface area (Å²) in [6.07, 6.45) is 0. The lowest BCUT2D eigenvalue weighted by molar-refractivity contribution is 0.584. The van der Waals surface area contributed by atoms with Gasteiger partial charge in [-0.2, -0.15) is 0 Å². The van der Waals surface area contributed by atoms with E-state index in [1.165, 1.54) is 112 Å². The van der Waals surface area contributed by atoms with Crippen molar-refractivity contribution in [1.82, 2.24) is 0 Å². The lowest BCUT2D eigenvalue weighted by atomic mass is 9.33. The van der Waals surface area contributed by atoms with E-state index in [0.29, 0.717) is 0 Å². The molecule has 3 heteroatoms. The fourth-order valence-electron chi connectivity index (χ4n) is 10.9. The smallest absolute Gasteiger partial charge is 0.252 e. The van der Waals surface area contributed by atoms with E-state index in [1.54, 1.807) is 0 Å². The molecular weight excluding hydrogens is 784 g/mol. The molecule has 1 aliphatic carbocycles. The van der Waals surface area contributed by atoms with Crippen LogP contribution >= 0.6 is 0 Å². The Kier molecular flexibility index (Phi) is 9.52. The minimum Gasteiger partial charge on any atom is -0.311 e. The number of fused-ring (bicyclic) bond motifs is 7. The van der Waals surface area contributed by atoms with Crippen LogP contribution in [0.15, 0.2) is 133 Å². The summed E-state index contributed by atoms with van der Waals surface area (Å²) in [5.41, 5.74) is 26.3. The number of aryl methyl sites for hydroxylation is 1. The third-order valence-corrected chi connectivity index (χ3v) is 14.9. The second-order valence-corrected chi connectivity index (χ2v) is 24.1. The predicted molar refractivity (Wildman–Crippen MR) is 283 cm³/mol. The summed E-state index contributed by atoms with van der Waals surface area (Å²) in [5.74, 6) is 0. The molecule has 0 fully saturated rings. The Labute approximate surface area is 390 Å². The fourth-order valence-corrected chi connectivity index (χ4v) is 10.9. The highest BCUT2D eigenvalue weighted by molar-refractivity contribution is 7.00. The standard InChI is InChI=1S/C62H67BN2/c1-38-32-55-57-56(33-38)65(46-26-19-41(20-27-46)58(2,3)4)54-37-44(61(11,12)13)23-31-52(54)63(57)51-30-22-43(60(8,9)10)36-53(51)64(55)45-24-16-39(17-25-45)40-18-28-47-48-29-21-42(59(5,6)7)35-50(48)62(14,15)49(47)34-40/h16-37H,1-15H3. The molecule has 0 unspecified atom stereocenters. The van der Waals surface area contributed by atoms with Crippen LogP contribution in [0.4, 0.5) is 34.1 Å². The summed E-state index contributed by atoms with van der Waals surface area (Å²) in [6.45, 7) is 35.0. The van der Waals surface area contributed by atoms with Crippen LogP contribution in [0.3, 0.4) is 0 Å². The van der Waals surface area contributed by atoms with E-state index >= 15 is 0 Å². The first-order chi connectivity index (χ1) is 30.4. The topological polar surface area (TPSA) is 6.48 Å². The van der Waals surface area contributed by atoms with Gasteiger partial charge in [-0.1, -0.05) is 176 Å². The molecule has 0 saturated carbocycles. The van der Waals surface area contributed by atoms with E-state index in [2.05, 4.69) is 247 Å². The number of nitrogens with zero attached hydrogens (tertiary/aromatic N) is 2. The molecule has 0 aromatic heterocycles. The Morgan fingerprint density at radius 2 is 0.769 bits per heavy atom. The molecule has 0 N–H and O–H groups in total. The van der Waals surface area contributed by atoms with E-state index in [1.807, 2.05) is 0 Å². The normalized spacial score (nSPS) is 15.0. The van der Waals surface area contributed by atoms with Crippen molar-refractivity contribution in [2.45, 2.75) is 131 Å². The second kappa shape index (κ2) is 14.4. The average molecular weight is 851 g/mol. The Balaban J connectivity index is 1.14. The van der Waals surface area contributed by atoms with Gasteiger partial charge in [0.05, 0.1) is 0 Å². The average Bonchev–Trinajstić information content (AvgIpc) is 3.46. The van der Waals surface area contributed by atoms with Crippen molar-refractivity contribution in [2.75, 3.05) is 9.80 Å². The van der Waals surface area contributed by atoms with Crippen molar-refractivity contribution in [2.24, 2.45) is 0 Å². The summed E-state index contributed by atoms with van der Waals surface area (Å²) in [7, 11) is 0. The molecule has 2 nitrogen and oxygen atoms in total. The van der Waals surface area contributed by atoms with Gasteiger partial charge in [-0.25, -0.2) is 0 Å². The maximum absolute atomic E-state index is 2.57. The third kappa shape index (κ3) is 6.99. The van der Waals surface area contributed by atoms with Crippen molar-refractivity contribution in [3.8, 4) is 22.3 Å². The van der Waals surface area contributed by atoms with Gasteiger partial charge in [-0.05, 0) is 161 Å². The lowest BCUT2D eigenvalue weighted by Crippen LogP contribution is -2.61. The van der Waals surface area contributed by atoms with Gasteiger partial charge in [0.1, 0.15) is 0 Å². The maximum atomic E-state index is 2.57. The molecule has 3 aliphatic rings. The van der Waals surface area contributed by atoms with Crippen molar-refractivity contribution >= 4 is 57.2 Å². The fraction of sp³-hybridized carbons (Fsp3) is 0.323. The van der Waals surface area contributed by atoms with E-state index in [9.17, 15) is 0 Å². The van der Waals surface area contributed by atoms with Crippen molar-refractivity contribution in [3.05, 3.63) is 172 Å². The van der Waals surface area contributed by atoms with Crippen LogP contribution in [0.1, 0.15) is 136 Å². The molecule has 0 radical (unpaired) electrons. The van der Waals surface area contributed by atoms with Gasteiger partial charge in [-0.15, -0.1) is 0 Å². The molecule has 2 aliphatic heterocycles. The molecular formula is C62H67BN2. The molecule has 65 heavy (non-hydrogen) atoms. The minimum atomic E-state index is -0.0829. The number of hydrogen-bond acceptors (Lipinski definition) is 2. The molecule has 0 spiro atoms. The van der Waals surface area contributed by atoms with Gasteiger partial charge in [0, 0.05) is 39.5 Å². The van der Waals surface area contributed by atoms with Crippen molar-refractivity contribution in [3.63, 3.8) is 0 Å². The van der Waals surface area contributed by atoms with Crippen LogP contribution < -0.4 is 26.2 Å². The highest BCUT2D eigenvalue weighted by Gasteiger charge is 2.44. The van der Waals surface area contributed by atoms with Gasteiger partial charge in [0.2, 0.25) is 0 Å². The predicted octanol–water partition coefficient (Wildman–Crippen LogP) is 15.2. The zero-order chi connectivity index (χ0) is 46.3. The molecule has 2 heterocycles. The third-order valence-electron chi connectivity index (χ3n) is 14.9. The van der Waals surface area contributed by atoms with Crippen LogP contribution in [0.25, 0.3) is 22.3 Å². The molecule has 0 amide bonds. The van der Waals surface area contributed by atoms with Crippen LogP contribution in [0, 0.1) is 6.92 Å². The summed E-state index contributed by atoms with van der Waals surface area (Å²) < 4.78 is 0. The molecule has 0 bridgehead atoms. The first-order valence-electron chi connectivity index (χ1n) is 24.0. The summed E-state index contributed by atoms with van der Waals surface area (Å²) in [4.78, 5) is 5.13. The highest BCUT2D eigenvalue weighted by Crippen LogP contribution is 2.51. The molecule has 10 rings (SSSR count). The molecule has 7 aromatic rings. The molecule has 328 valence electrons. The molecule has 0 atom stereocenters. The van der Waals surface area contributed by atoms with E-state index in [4.69, 9.17) is 0 Å². The second-order valence-electron chi connectivity index (χ2n) is 24.1. The first kappa shape index (κ1) is 43.1. The Morgan fingerprint density at radius 3 is 1.25 bits per heavy atom. The highest BCUT2D eigenvalue weighted by atomic mass is 15.2. The Morgan fingerprint density at radius 1 is 0.385 bits per heavy atom. The molecule has 7 aromatic carbocycles. The van der Waals surface area contributed by atoms with Crippen molar-refractivity contribution < 1.29 is 0 Å². The minimum absolute atomic E-state index is 0.00102. The van der Waals surface area contributed by atoms with Crippen LogP contribution in [0.2, 0.25) is 0 Å². The SMILES string of the molecule is Cc1cc2c3c(c1)N(c1ccc(C(C)(C)C)cc1)c1cc(C(C)(C)C)ccc1B3c1ccc(C(C)(C)C)cc1N2c1ccc(-c2ccc3c(c2)C(C)(C)c2cc(C(C)(C)C)ccc2-3)cc1. The lowest BCUT2D eigenvalue weighted by Gasteiger charge is -2.45. The quantitative estimate of drug-likeness (QED) is 0.163. The maximum Gasteiger partial charge on any atom is 0.252 e. The van der Waals surface area contributed by atoms with Crippen LogP contribution in [0.5, 0.6) is 0 Å². The van der Waals surface area contributed by atoms with E-state index in [0.717, 1.165) is 0 Å². The van der Waals surface area contributed by atoms with E-state index in [-0.39, 0.29) is 33.8 Å². The summed E-state index contributed by atoms with van der Waals surface area (Å²) in [6, 6.07) is 52.5. The van der Waals surface area contributed by atoms with E-state index < -0.39 is 0 Å².